The van der Waals surface area contributed by atoms with Gasteiger partial charge in [-0.3, -0.25) is 9.59 Å². The summed E-state index contributed by atoms with van der Waals surface area (Å²) in [6, 6.07) is 12.8. The minimum Gasteiger partial charge on any atom is -0.508 e. The van der Waals surface area contributed by atoms with Crippen molar-refractivity contribution in [2.24, 2.45) is 0 Å². The van der Waals surface area contributed by atoms with Crippen LogP contribution in [0.2, 0.25) is 0 Å². The molecular formula is C30H22O11. The van der Waals surface area contributed by atoms with Crippen LogP contribution in [0.1, 0.15) is 50.5 Å². The summed E-state index contributed by atoms with van der Waals surface area (Å²) in [7, 11) is 0. The normalized spacial score (nSPS) is 19.6. The Morgan fingerprint density at radius 2 is 1.15 bits per heavy atom. The van der Waals surface area contributed by atoms with Gasteiger partial charge in [-0.15, -0.1) is 0 Å². The monoisotopic (exact) mass is 558 g/mol. The lowest BCUT2D eigenvalue weighted by Gasteiger charge is -2.30. The standard InChI is InChI=1S/C30H22O11/c31-14-7-20(35)26-22(37)11-23(40-24(26)9-14)12-1-3-18(33)16(5-12)17-6-13(2-4-19(17)34)30-29(39)28(38)27-21(36)8-15(32)10-25(27)41-30/h1-10,23,29-36,39H,11H2/t23-,29-,30+/m0/s1. The molecule has 11 heteroatoms. The fourth-order valence-electron chi connectivity index (χ4n) is 5.19. The van der Waals surface area contributed by atoms with E-state index in [9.17, 15) is 45.3 Å². The van der Waals surface area contributed by atoms with Crippen molar-refractivity contribution in [1.82, 2.24) is 0 Å². The zero-order chi connectivity index (χ0) is 29.2. The van der Waals surface area contributed by atoms with E-state index >= 15 is 0 Å². The highest BCUT2D eigenvalue weighted by molar-refractivity contribution is 6.05. The Bertz CT molecular complexity index is 1760. The fourth-order valence-corrected chi connectivity index (χ4v) is 5.19. The number of benzene rings is 4. The number of rotatable bonds is 3. The number of ketones is 2. The third kappa shape index (κ3) is 4.28. The van der Waals surface area contributed by atoms with E-state index in [-0.39, 0.29) is 68.7 Å². The Hall–Kier alpha value is -5.42. The van der Waals surface area contributed by atoms with Gasteiger partial charge >= 0.3 is 0 Å². The largest absolute Gasteiger partial charge is 0.508 e. The van der Waals surface area contributed by atoms with E-state index < -0.39 is 41.4 Å². The van der Waals surface area contributed by atoms with Gasteiger partial charge in [0.05, 0.1) is 6.42 Å². The highest BCUT2D eigenvalue weighted by Gasteiger charge is 2.39. The second-order valence-electron chi connectivity index (χ2n) is 9.81. The number of carbonyl (C=O) groups excluding carboxylic acids is 2. The van der Waals surface area contributed by atoms with E-state index in [1.54, 1.807) is 0 Å². The number of carbonyl (C=O) groups is 2. The molecular weight excluding hydrogens is 536 g/mol. The molecule has 0 amide bonds. The lowest BCUT2D eigenvalue weighted by Crippen LogP contribution is -2.36. The van der Waals surface area contributed by atoms with Crippen LogP contribution >= 0.6 is 0 Å². The third-order valence-electron chi connectivity index (χ3n) is 7.14. The van der Waals surface area contributed by atoms with Crippen LogP contribution in [0.4, 0.5) is 0 Å². The highest BCUT2D eigenvalue weighted by atomic mass is 16.5. The number of Topliss-reactive ketones (excluding diaryl/α,β-unsaturated/α-hetero) is 2. The molecule has 0 unspecified atom stereocenters. The van der Waals surface area contributed by atoms with Gasteiger partial charge in [0.15, 0.2) is 18.0 Å². The quantitative estimate of drug-likeness (QED) is 0.192. The first-order chi connectivity index (χ1) is 19.5. The Kier molecular flexibility index (Phi) is 5.89. The van der Waals surface area contributed by atoms with Crippen LogP contribution in [0.15, 0.2) is 60.7 Å². The molecule has 2 heterocycles. The molecule has 0 saturated heterocycles. The molecule has 0 saturated carbocycles. The number of aromatic hydroxyl groups is 6. The van der Waals surface area contributed by atoms with Gasteiger partial charge in [0.25, 0.3) is 0 Å². The molecule has 7 N–H and O–H groups in total. The Labute approximate surface area is 231 Å². The Morgan fingerprint density at radius 3 is 1.78 bits per heavy atom. The van der Waals surface area contributed by atoms with Crippen LogP contribution in [0.5, 0.6) is 46.0 Å². The molecule has 0 aliphatic carbocycles. The second kappa shape index (κ2) is 9.35. The maximum Gasteiger partial charge on any atom is 0.202 e. The van der Waals surface area contributed by atoms with Crippen LogP contribution in [-0.4, -0.2) is 53.4 Å². The summed E-state index contributed by atoms with van der Waals surface area (Å²) >= 11 is 0. The smallest absolute Gasteiger partial charge is 0.202 e. The van der Waals surface area contributed by atoms with Crippen LogP contribution < -0.4 is 9.47 Å². The molecule has 4 aromatic carbocycles. The predicted octanol–water partition coefficient (Wildman–Crippen LogP) is 3.97. The molecule has 0 fully saturated rings. The summed E-state index contributed by atoms with van der Waals surface area (Å²) in [6.07, 6.45) is -4.01. The molecule has 0 bridgehead atoms. The van der Waals surface area contributed by atoms with Crippen LogP contribution in [-0.2, 0) is 0 Å². The predicted molar refractivity (Wildman–Crippen MR) is 141 cm³/mol. The molecule has 0 aromatic heterocycles. The van der Waals surface area contributed by atoms with Crippen LogP contribution in [0.25, 0.3) is 11.1 Å². The average Bonchev–Trinajstić information content (AvgIpc) is 2.90. The zero-order valence-electron chi connectivity index (χ0n) is 21.0. The molecule has 0 radical (unpaired) electrons. The number of phenols is 6. The van der Waals surface area contributed by atoms with E-state index in [1.165, 1.54) is 42.5 Å². The maximum absolute atomic E-state index is 12.9. The van der Waals surface area contributed by atoms with Gasteiger partial charge in [0.1, 0.15) is 63.2 Å². The molecule has 41 heavy (non-hydrogen) atoms. The van der Waals surface area contributed by atoms with E-state index in [1.807, 2.05) is 0 Å². The summed E-state index contributed by atoms with van der Waals surface area (Å²) in [5.41, 5.74) is 0.588. The lowest BCUT2D eigenvalue weighted by atomic mass is 9.90. The van der Waals surface area contributed by atoms with Gasteiger partial charge in [0.2, 0.25) is 5.78 Å². The number of aliphatic hydroxyl groups excluding tert-OH is 1. The van der Waals surface area contributed by atoms with E-state index in [2.05, 4.69) is 0 Å². The first-order valence-electron chi connectivity index (χ1n) is 12.4. The number of aliphatic hydroxyl groups is 1. The van der Waals surface area contributed by atoms with Gasteiger partial charge in [-0.05, 0) is 35.4 Å². The minimum atomic E-state index is -1.73. The van der Waals surface area contributed by atoms with Gasteiger partial charge < -0.3 is 45.2 Å². The van der Waals surface area contributed by atoms with E-state index in [0.29, 0.717) is 5.56 Å². The molecule has 0 spiro atoms. The van der Waals surface area contributed by atoms with Crippen LogP contribution in [0, 0.1) is 0 Å². The molecule has 2 aliphatic heterocycles. The SMILES string of the molecule is O=C1C[C@@H](c2ccc(O)c(-c3cc([C@H]4Oc5cc(O)cc(O)c5C(=O)[C@@H]4O)ccc3O)c2)Oc2cc(O)cc(O)c21. The summed E-state index contributed by atoms with van der Waals surface area (Å²) < 4.78 is 11.7. The molecule has 4 aromatic rings. The van der Waals surface area contributed by atoms with Crippen molar-refractivity contribution in [2.45, 2.75) is 24.7 Å². The number of hydrogen-bond acceptors (Lipinski definition) is 11. The van der Waals surface area contributed by atoms with Crippen LogP contribution in [0.3, 0.4) is 0 Å². The number of ether oxygens (including phenoxy) is 2. The van der Waals surface area contributed by atoms with Gasteiger partial charge in [-0.1, -0.05) is 12.1 Å². The van der Waals surface area contributed by atoms with Crippen molar-refractivity contribution in [2.75, 3.05) is 0 Å². The first kappa shape index (κ1) is 25.8. The molecule has 2 aliphatic rings. The van der Waals surface area contributed by atoms with Gasteiger partial charge in [-0.25, -0.2) is 0 Å². The minimum absolute atomic E-state index is 0.00586. The van der Waals surface area contributed by atoms with Gasteiger partial charge in [-0.2, -0.15) is 0 Å². The molecule has 3 atom stereocenters. The Balaban J connectivity index is 1.37. The van der Waals surface area contributed by atoms with Gasteiger partial charge in [0, 0.05) is 35.4 Å². The van der Waals surface area contributed by atoms with Crippen molar-refractivity contribution in [3.63, 3.8) is 0 Å². The Morgan fingerprint density at radius 1 is 0.610 bits per heavy atom. The summed E-state index contributed by atoms with van der Waals surface area (Å²) in [6.45, 7) is 0. The topological polar surface area (TPSA) is 194 Å². The lowest BCUT2D eigenvalue weighted by molar-refractivity contribution is 0.0211. The van der Waals surface area contributed by atoms with Crippen molar-refractivity contribution in [3.8, 4) is 57.1 Å². The first-order valence-corrected chi connectivity index (χ1v) is 12.4. The number of phenolic OH excluding ortho intramolecular Hbond substituents is 6. The fraction of sp³-hybridized carbons (Fsp3) is 0.133. The van der Waals surface area contributed by atoms with E-state index in [4.69, 9.17) is 9.47 Å². The number of fused-ring (bicyclic) bond motifs is 2. The van der Waals surface area contributed by atoms with E-state index in [0.717, 1.165) is 18.2 Å². The van der Waals surface area contributed by atoms with Crippen molar-refractivity contribution in [1.29, 1.82) is 0 Å². The molecule has 6 rings (SSSR count). The summed E-state index contributed by atoms with van der Waals surface area (Å²) in [4.78, 5) is 25.6. The third-order valence-corrected chi connectivity index (χ3v) is 7.14. The zero-order valence-corrected chi connectivity index (χ0v) is 21.0. The summed E-state index contributed by atoms with van der Waals surface area (Å²) in [5.74, 6) is -3.48. The maximum atomic E-state index is 12.9. The second-order valence-corrected chi connectivity index (χ2v) is 9.81. The highest BCUT2D eigenvalue weighted by Crippen LogP contribution is 2.46. The molecule has 208 valence electrons. The molecule has 11 nitrogen and oxygen atoms in total. The summed E-state index contributed by atoms with van der Waals surface area (Å²) in [5, 5.41) is 72.0. The number of hydrogen-bond donors (Lipinski definition) is 7. The van der Waals surface area contributed by atoms with Crippen molar-refractivity contribution < 1.29 is 54.8 Å². The van der Waals surface area contributed by atoms with Crippen molar-refractivity contribution in [3.05, 3.63) is 82.9 Å². The average molecular weight is 558 g/mol. The van der Waals surface area contributed by atoms with Crippen molar-refractivity contribution >= 4 is 11.6 Å².